The quantitative estimate of drug-likeness (QED) is 0.780. The van der Waals surface area contributed by atoms with E-state index in [4.69, 9.17) is 9.84 Å². The number of rotatable bonds is 4. The molecule has 0 fully saturated rings. The van der Waals surface area contributed by atoms with Crippen molar-refractivity contribution in [1.82, 2.24) is 9.47 Å². The van der Waals surface area contributed by atoms with E-state index in [1.165, 1.54) is 12.3 Å². The number of ether oxygens (including phenoxy) is 1. The smallest absolute Gasteiger partial charge is 0.341 e. The summed E-state index contributed by atoms with van der Waals surface area (Å²) in [5.41, 5.74) is 1.31. The first kappa shape index (κ1) is 21.4. The third kappa shape index (κ3) is 4.17. The molecular formula is C22H26N2O6. The number of pyridine rings is 1. The maximum atomic E-state index is 12.5. The summed E-state index contributed by atoms with van der Waals surface area (Å²) in [7, 11) is 1.93. The molecule has 0 spiro atoms. The highest BCUT2D eigenvalue weighted by molar-refractivity contribution is 5.87. The number of aromatic nitrogens is 1. The van der Waals surface area contributed by atoms with Gasteiger partial charge in [-0.25, -0.2) is 9.59 Å². The van der Waals surface area contributed by atoms with Gasteiger partial charge in [0.2, 0.25) is 0 Å². The minimum atomic E-state index is -1.25. The van der Waals surface area contributed by atoms with E-state index in [9.17, 15) is 19.5 Å². The number of fused-ring (bicyclic) bond motifs is 1. The fourth-order valence-electron chi connectivity index (χ4n) is 3.89. The van der Waals surface area contributed by atoms with Crippen LogP contribution in [-0.4, -0.2) is 51.8 Å². The van der Waals surface area contributed by atoms with Crippen molar-refractivity contribution in [3.05, 3.63) is 63.3 Å². The van der Waals surface area contributed by atoms with Crippen LogP contribution < -0.4 is 5.43 Å². The van der Waals surface area contributed by atoms with Crippen LogP contribution in [0, 0.1) is 5.41 Å². The molecule has 8 heteroatoms. The lowest BCUT2D eigenvalue weighted by molar-refractivity contribution is -0.140. The molecule has 0 radical (unpaired) electrons. The standard InChI is InChI=1S/C22H26N2O6/c1-22(2,3)18-11-23(4)20(13-6-5-7-14(8-13)30-12-19(26)27)16-9-17(25)15(21(28)29)10-24(16)18/h5-7,9-10,18H,8,11-12H2,1-4H3,(H,26,27)(H,28,29)/b20-13-. The number of likely N-dealkylation sites (N-methyl/N-ethyl adjacent to an activating group) is 1. The van der Waals surface area contributed by atoms with Gasteiger partial charge in [0, 0.05) is 32.3 Å². The number of carboxylic acids is 2. The van der Waals surface area contributed by atoms with E-state index in [1.807, 2.05) is 17.7 Å². The van der Waals surface area contributed by atoms with Crippen LogP contribution in [0.1, 0.15) is 49.3 Å². The number of aliphatic carboxylic acids is 1. The Morgan fingerprint density at radius 3 is 2.57 bits per heavy atom. The molecule has 3 rings (SSSR count). The fourth-order valence-corrected chi connectivity index (χ4v) is 3.89. The van der Waals surface area contributed by atoms with Gasteiger partial charge in [0.1, 0.15) is 11.3 Å². The summed E-state index contributed by atoms with van der Waals surface area (Å²) >= 11 is 0. The molecule has 1 aromatic rings. The topological polar surface area (TPSA) is 109 Å². The molecule has 2 N–H and O–H groups in total. The molecule has 8 nitrogen and oxygen atoms in total. The van der Waals surface area contributed by atoms with Crippen LogP contribution in [0.5, 0.6) is 0 Å². The van der Waals surface area contributed by atoms with Gasteiger partial charge in [0.05, 0.1) is 17.4 Å². The van der Waals surface area contributed by atoms with E-state index in [2.05, 4.69) is 25.7 Å². The Morgan fingerprint density at radius 2 is 1.97 bits per heavy atom. The Morgan fingerprint density at radius 1 is 1.27 bits per heavy atom. The number of allylic oxidation sites excluding steroid dienone is 4. The van der Waals surface area contributed by atoms with Crippen LogP contribution in [0.25, 0.3) is 5.70 Å². The zero-order valence-corrected chi connectivity index (χ0v) is 17.5. The van der Waals surface area contributed by atoms with Crippen molar-refractivity contribution >= 4 is 17.6 Å². The van der Waals surface area contributed by atoms with E-state index >= 15 is 0 Å². The van der Waals surface area contributed by atoms with Crippen LogP contribution in [0.3, 0.4) is 0 Å². The molecule has 1 aromatic heterocycles. The van der Waals surface area contributed by atoms with E-state index < -0.39 is 24.0 Å². The number of hydrogen-bond acceptors (Lipinski definition) is 5. The summed E-state index contributed by atoms with van der Waals surface area (Å²) in [5, 5.41) is 18.3. The lowest BCUT2D eigenvalue weighted by Gasteiger charge is -2.44. The van der Waals surface area contributed by atoms with Crippen molar-refractivity contribution in [1.29, 1.82) is 0 Å². The minimum Gasteiger partial charge on any atom is -0.486 e. The van der Waals surface area contributed by atoms with Crippen molar-refractivity contribution in [2.75, 3.05) is 20.2 Å². The van der Waals surface area contributed by atoms with Crippen molar-refractivity contribution < 1.29 is 24.5 Å². The molecule has 2 heterocycles. The number of carbonyl (C=O) groups is 2. The summed E-state index contributed by atoms with van der Waals surface area (Å²) in [5.74, 6) is -1.79. The summed E-state index contributed by atoms with van der Waals surface area (Å²) in [6, 6.07) is 1.33. The molecule has 0 bridgehead atoms. The normalized spacial score (nSPS) is 21.1. The average Bonchev–Trinajstić information content (AvgIpc) is 2.64. The summed E-state index contributed by atoms with van der Waals surface area (Å²) < 4.78 is 7.24. The largest absolute Gasteiger partial charge is 0.486 e. The molecule has 1 aliphatic heterocycles. The molecule has 1 unspecified atom stereocenters. The molecule has 0 aromatic carbocycles. The van der Waals surface area contributed by atoms with Crippen LogP contribution in [0.4, 0.5) is 0 Å². The second kappa shape index (κ2) is 7.85. The van der Waals surface area contributed by atoms with Gasteiger partial charge >= 0.3 is 11.9 Å². The molecular weight excluding hydrogens is 388 g/mol. The van der Waals surface area contributed by atoms with Crippen molar-refractivity contribution in [3.8, 4) is 0 Å². The van der Waals surface area contributed by atoms with Gasteiger partial charge in [-0.05, 0) is 17.1 Å². The van der Waals surface area contributed by atoms with Gasteiger partial charge in [0.15, 0.2) is 12.0 Å². The lowest BCUT2D eigenvalue weighted by atomic mass is 9.83. The highest BCUT2D eigenvalue weighted by Gasteiger charge is 2.36. The minimum absolute atomic E-state index is 0.0496. The third-order valence-corrected chi connectivity index (χ3v) is 5.35. The summed E-state index contributed by atoms with van der Waals surface area (Å²) in [4.78, 5) is 37.0. The zero-order chi connectivity index (χ0) is 22.2. The Bertz CT molecular complexity index is 1040. The van der Waals surface area contributed by atoms with E-state index in [1.54, 1.807) is 12.2 Å². The van der Waals surface area contributed by atoms with E-state index in [0.717, 1.165) is 11.3 Å². The van der Waals surface area contributed by atoms with E-state index in [0.29, 0.717) is 24.4 Å². The van der Waals surface area contributed by atoms with Gasteiger partial charge in [-0.3, -0.25) is 4.79 Å². The number of nitrogens with zero attached hydrogens (tertiary/aromatic N) is 2. The van der Waals surface area contributed by atoms with Gasteiger partial charge in [-0.15, -0.1) is 0 Å². The first-order valence-electron chi connectivity index (χ1n) is 9.65. The lowest BCUT2D eigenvalue weighted by Crippen LogP contribution is -2.42. The maximum Gasteiger partial charge on any atom is 0.341 e. The molecule has 2 aliphatic rings. The zero-order valence-electron chi connectivity index (χ0n) is 17.5. The predicted molar refractivity (Wildman–Crippen MR) is 111 cm³/mol. The van der Waals surface area contributed by atoms with Crippen LogP contribution in [0.2, 0.25) is 0 Å². The summed E-state index contributed by atoms with van der Waals surface area (Å²) in [6.07, 6.45) is 7.21. The fraction of sp³-hybridized carbons (Fsp3) is 0.409. The van der Waals surface area contributed by atoms with Gasteiger partial charge < -0.3 is 24.4 Å². The van der Waals surface area contributed by atoms with Crippen molar-refractivity contribution in [2.24, 2.45) is 5.41 Å². The van der Waals surface area contributed by atoms with Gasteiger partial charge in [-0.2, -0.15) is 0 Å². The Hall–Kier alpha value is -3.29. The second-order valence-corrected chi connectivity index (χ2v) is 8.64. The number of aromatic carboxylic acids is 1. The Balaban J connectivity index is 2.15. The molecule has 1 aliphatic carbocycles. The highest BCUT2D eigenvalue weighted by Crippen LogP contribution is 2.40. The monoisotopic (exact) mass is 414 g/mol. The second-order valence-electron chi connectivity index (χ2n) is 8.64. The van der Waals surface area contributed by atoms with Gasteiger partial charge in [0.25, 0.3) is 0 Å². The molecule has 0 saturated heterocycles. The molecule has 0 amide bonds. The van der Waals surface area contributed by atoms with Crippen LogP contribution in [-0.2, 0) is 9.53 Å². The SMILES string of the molecule is CN1CC(C(C)(C)C)n2cc(C(=O)O)c(=O)cc2/C1=C1\C=CC=C(OCC(=O)O)C1. The first-order chi connectivity index (χ1) is 14.0. The third-order valence-electron chi connectivity index (χ3n) is 5.35. The van der Waals surface area contributed by atoms with Crippen LogP contribution in [0.15, 0.2) is 46.6 Å². The summed E-state index contributed by atoms with van der Waals surface area (Å²) in [6.45, 7) is 6.43. The highest BCUT2D eigenvalue weighted by atomic mass is 16.5. The van der Waals surface area contributed by atoms with E-state index in [-0.39, 0.29) is 17.0 Å². The number of hydrogen-bond donors (Lipinski definition) is 2. The van der Waals surface area contributed by atoms with Crippen LogP contribution >= 0.6 is 0 Å². The Kier molecular flexibility index (Phi) is 5.61. The average molecular weight is 414 g/mol. The number of carboxylic acid groups (broad SMARTS) is 2. The Labute approximate surface area is 174 Å². The molecule has 160 valence electrons. The van der Waals surface area contributed by atoms with Crippen molar-refractivity contribution in [2.45, 2.75) is 33.2 Å². The molecule has 30 heavy (non-hydrogen) atoms. The first-order valence-corrected chi connectivity index (χ1v) is 9.65. The predicted octanol–water partition coefficient (Wildman–Crippen LogP) is 2.74. The maximum absolute atomic E-state index is 12.5. The molecule has 1 atom stereocenters. The van der Waals surface area contributed by atoms with Gasteiger partial charge in [-0.1, -0.05) is 32.9 Å². The van der Waals surface area contributed by atoms with Crippen molar-refractivity contribution in [3.63, 3.8) is 0 Å². The molecule has 0 saturated carbocycles.